The average Bonchev–Trinajstić information content (AvgIpc) is 2.61. The summed E-state index contributed by atoms with van der Waals surface area (Å²) < 4.78 is 31.9. The summed E-state index contributed by atoms with van der Waals surface area (Å²) in [6.07, 6.45) is 1.43. The van der Waals surface area contributed by atoms with Crippen LogP contribution in [0.4, 0.5) is 0 Å². The second-order valence-corrected chi connectivity index (χ2v) is 8.48. The molecule has 7 nitrogen and oxygen atoms in total. The van der Waals surface area contributed by atoms with Gasteiger partial charge in [0.2, 0.25) is 15.9 Å². The number of benzene rings is 1. The molecule has 1 atom stereocenters. The van der Waals surface area contributed by atoms with E-state index >= 15 is 0 Å². The van der Waals surface area contributed by atoms with Crippen molar-refractivity contribution >= 4 is 15.9 Å². The van der Waals surface area contributed by atoms with Crippen LogP contribution in [0.3, 0.4) is 0 Å². The van der Waals surface area contributed by atoms with Crippen LogP contribution in [0.1, 0.15) is 26.7 Å². The molecular formula is C17H27N3O4S. The van der Waals surface area contributed by atoms with Crippen LogP contribution in [0, 0.1) is 0 Å². The highest BCUT2D eigenvalue weighted by atomic mass is 32.2. The zero-order valence-electron chi connectivity index (χ0n) is 15.1. The summed E-state index contributed by atoms with van der Waals surface area (Å²) in [6.45, 7) is 4.96. The molecule has 140 valence electrons. The van der Waals surface area contributed by atoms with E-state index < -0.39 is 15.6 Å². The van der Waals surface area contributed by atoms with Crippen molar-refractivity contribution in [3.8, 4) is 5.75 Å². The number of nitrogens with zero attached hydrogens (tertiary/aromatic N) is 2. The van der Waals surface area contributed by atoms with E-state index in [0.717, 1.165) is 6.42 Å². The SMILES string of the molecule is CCCC(C)(N)C(=O)N1CCN(S(=O)(=O)c2ccc(OC)cc2)CC1. The lowest BCUT2D eigenvalue weighted by molar-refractivity contribution is -0.137. The Morgan fingerprint density at radius 3 is 2.24 bits per heavy atom. The molecule has 1 amide bonds. The van der Waals surface area contributed by atoms with Crippen LogP contribution in [-0.2, 0) is 14.8 Å². The minimum Gasteiger partial charge on any atom is -0.497 e. The van der Waals surface area contributed by atoms with Gasteiger partial charge in [-0.1, -0.05) is 13.3 Å². The van der Waals surface area contributed by atoms with Crippen molar-refractivity contribution in [2.75, 3.05) is 33.3 Å². The van der Waals surface area contributed by atoms with Gasteiger partial charge in [0.25, 0.3) is 0 Å². The molecule has 25 heavy (non-hydrogen) atoms. The van der Waals surface area contributed by atoms with Crippen LogP contribution in [0.15, 0.2) is 29.2 Å². The number of carbonyl (C=O) groups is 1. The summed E-state index contributed by atoms with van der Waals surface area (Å²) in [5.74, 6) is 0.489. The molecule has 8 heteroatoms. The number of amides is 1. The first kappa shape index (κ1) is 19.7. The maximum Gasteiger partial charge on any atom is 0.243 e. The molecule has 1 fully saturated rings. The van der Waals surface area contributed by atoms with Crippen LogP contribution in [-0.4, -0.2) is 62.4 Å². The Labute approximate surface area is 149 Å². The quantitative estimate of drug-likeness (QED) is 0.809. The number of rotatable bonds is 6. The van der Waals surface area contributed by atoms with E-state index in [1.165, 1.54) is 23.5 Å². The summed E-state index contributed by atoms with van der Waals surface area (Å²) in [5.41, 5.74) is 5.21. The molecule has 0 aromatic heterocycles. The molecule has 2 N–H and O–H groups in total. The summed E-state index contributed by atoms with van der Waals surface area (Å²) in [4.78, 5) is 14.4. The van der Waals surface area contributed by atoms with Crippen LogP contribution < -0.4 is 10.5 Å². The Bertz CT molecular complexity index is 693. The molecule has 1 heterocycles. The van der Waals surface area contributed by atoms with Gasteiger partial charge in [-0.15, -0.1) is 0 Å². The molecular weight excluding hydrogens is 342 g/mol. The third kappa shape index (κ3) is 4.31. The summed E-state index contributed by atoms with van der Waals surface area (Å²) in [7, 11) is -2.04. The average molecular weight is 369 g/mol. The highest BCUT2D eigenvalue weighted by Gasteiger charge is 2.36. The highest BCUT2D eigenvalue weighted by Crippen LogP contribution is 2.22. The van der Waals surface area contributed by atoms with Crippen molar-refractivity contribution in [1.82, 2.24) is 9.21 Å². The Morgan fingerprint density at radius 1 is 1.20 bits per heavy atom. The maximum atomic E-state index is 12.7. The highest BCUT2D eigenvalue weighted by molar-refractivity contribution is 7.89. The van der Waals surface area contributed by atoms with Gasteiger partial charge in [-0.2, -0.15) is 4.31 Å². The van der Waals surface area contributed by atoms with Crippen LogP contribution in [0.25, 0.3) is 0 Å². The first-order chi connectivity index (χ1) is 11.7. The molecule has 0 spiro atoms. The predicted molar refractivity (Wildman–Crippen MR) is 95.8 cm³/mol. The summed E-state index contributed by atoms with van der Waals surface area (Å²) >= 11 is 0. The Kier molecular flexibility index (Phi) is 6.08. The van der Waals surface area contributed by atoms with Gasteiger partial charge in [0, 0.05) is 26.2 Å². The Hall–Kier alpha value is -1.64. The number of carbonyl (C=O) groups excluding carboxylic acids is 1. The van der Waals surface area contributed by atoms with Gasteiger partial charge in [-0.05, 0) is 37.6 Å². The molecule has 1 unspecified atom stereocenters. The number of sulfonamides is 1. The fraction of sp³-hybridized carbons (Fsp3) is 0.588. The van der Waals surface area contributed by atoms with Crippen molar-refractivity contribution in [2.24, 2.45) is 5.73 Å². The molecule has 0 bridgehead atoms. The zero-order valence-corrected chi connectivity index (χ0v) is 15.9. The fourth-order valence-electron chi connectivity index (χ4n) is 3.02. The number of piperazine rings is 1. The standard InChI is InChI=1S/C17H27N3O4S/c1-4-9-17(2,18)16(21)19-10-12-20(13-11-19)25(22,23)15-7-5-14(24-3)6-8-15/h5-8H,4,9-13,18H2,1-3H3. The van der Waals surface area contributed by atoms with E-state index in [-0.39, 0.29) is 23.9 Å². The second kappa shape index (κ2) is 7.72. The molecule has 1 aliphatic rings. The topological polar surface area (TPSA) is 92.9 Å². The van der Waals surface area contributed by atoms with Crippen molar-refractivity contribution in [1.29, 1.82) is 0 Å². The monoisotopic (exact) mass is 369 g/mol. The van der Waals surface area contributed by atoms with Crippen LogP contribution >= 0.6 is 0 Å². The van der Waals surface area contributed by atoms with Gasteiger partial charge in [-0.25, -0.2) is 8.42 Å². The first-order valence-electron chi connectivity index (χ1n) is 8.45. The molecule has 0 aliphatic carbocycles. The smallest absolute Gasteiger partial charge is 0.243 e. The maximum absolute atomic E-state index is 12.7. The summed E-state index contributed by atoms with van der Waals surface area (Å²) in [6, 6.07) is 6.31. The number of hydrogen-bond donors (Lipinski definition) is 1. The molecule has 0 saturated carbocycles. The van der Waals surface area contributed by atoms with Crippen molar-refractivity contribution in [2.45, 2.75) is 37.1 Å². The molecule has 1 saturated heterocycles. The van der Waals surface area contributed by atoms with E-state index in [1.807, 2.05) is 6.92 Å². The van der Waals surface area contributed by atoms with Gasteiger partial charge in [0.1, 0.15) is 5.75 Å². The first-order valence-corrected chi connectivity index (χ1v) is 9.89. The lowest BCUT2D eigenvalue weighted by atomic mass is 9.95. The van der Waals surface area contributed by atoms with Gasteiger partial charge < -0.3 is 15.4 Å². The van der Waals surface area contributed by atoms with Crippen molar-refractivity contribution < 1.29 is 17.9 Å². The van der Waals surface area contributed by atoms with Gasteiger partial charge in [-0.3, -0.25) is 4.79 Å². The second-order valence-electron chi connectivity index (χ2n) is 6.54. The van der Waals surface area contributed by atoms with Crippen molar-refractivity contribution in [3.05, 3.63) is 24.3 Å². The van der Waals surface area contributed by atoms with E-state index in [0.29, 0.717) is 25.3 Å². The van der Waals surface area contributed by atoms with E-state index in [2.05, 4.69) is 0 Å². The fourth-order valence-corrected chi connectivity index (χ4v) is 4.44. The Morgan fingerprint density at radius 2 is 1.76 bits per heavy atom. The zero-order chi connectivity index (χ0) is 18.7. The molecule has 1 aromatic carbocycles. The predicted octanol–water partition coefficient (Wildman–Crippen LogP) is 1.05. The molecule has 0 radical (unpaired) electrons. The normalized spacial score (nSPS) is 18.6. The lowest BCUT2D eigenvalue weighted by Gasteiger charge is -2.37. The van der Waals surface area contributed by atoms with E-state index in [9.17, 15) is 13.2 Å². The molecule has 1 aromatic rings. The van der Waals surface area contributed by atoms with Crippen LogP contribution in [0.5, 0.6) is 5.75 Å². The van der Waals surface area contributed by atoms with Gasteiger partial charge >= 0.3 is 0 Å². The molecule has 2 rings (SSSR count). The summed E-state index contributed by atoms with van der Waals surface area (Å²) in [5, 5.41) is 0. The third-order valence-corrected chi connectivity index (χ3v) is 6.39. The largest absolute Gasteiger partial charge is 0.497 e. The number of nitrogens with two attached hydrogens (primary N) is 1. The number of hydrogen-bond acceptors (Lipinski definition) is 5. The third-order valence-electron chi connectivity index (χ3n) is 4.48. The minimum atomic E-state index is -3.57. The van der Waals surface area contributed by atoms with Crippen LogP contribution in [0.2, 0.25) is 0 Å². The number of methoxy groups -OCH3 is 1. The minimum absolute atomic E-state index is 0.115. The number of ether oxygens (including phenoxy) is 1. The van der Waals surface area contributed by atoms with Gasteiger partial charge in [0.15, 0.2) is 0 Å². The van der Waals surface area contributed by atoms with Crippen molar-refractivity contribution in [3.63, 3.8) is 0 Å². The molecule has 1 aliphatic heterocycles. The van der Waals surface area contributed by atoms with E-state index in [1.54, 1.807) is 24.0 Å². The lowest BCUT2D eigenvalue weighted by Crippen LogP contribution is -2.58. The van der Waals surface area contributed by atoms with E-state index in [4.69, 9.17) is 10.5 Å². The van der Waals surface area contributed by atoms with Gasteiger partial charge in [0.05, 0.1) is 17.5 Å². The Balaban J connectivity index is 2.04.